The molecule has 1 aromatic carbocycles. The number of fused-ring (bicyclic) bond motifs is 1. The van der Waals surface area contributed by atoms with Gasteiger partial charge in [0.05, 0.1) is 11.0 Å². The van der Waals surface area contributed by atoms with Crippen LogP contribution in [0.2, 0.25) is 0 Å². The molecule has 0 bridgehead atoms. The van der Waals surface area contributed by atoms with Crippen molar-refractivity contribution in [2.75, 3.05) is 16.8 Å². The van der Waals surface area contributed by atoms with Crippen LogP contribution in [0.3, 0.4) is 0 Å². The van der Waals surface area contributed by atoms with Crippen molar-refractivity contribution in [3.05, 3.63) is 24.3 Å². The van der Waals surface area contributed by atoms with E-state index in [1.165, 1.54) is 5.52 Å². The summed E-state index contributed by atoms with van der Waals surface area (Å²) in [5.74, 6) is 1.08. The van der Waals surface area contributed by atoms with Crippen molar-refractivity contribution in [1.29, 1.82) is 0 Å². The van der Waals surface area contributed by atoms with Gasteiger partial charge in [-0.15, -0.1) is 0 Å². The Bertz CT molecular complexity index is 531. The number of anilines is 1. The minimum atomic E-state index is 0.549. The minimum Gasteiger partial charge on any atom is -0.338 e. The second-order valence-corrected chi connectivity index (χ2v) is 5.61. The second kappa shape index (κ2) is 6.42. The molecular weight excluding hydrogens is 302 g/mol. The number of para-hydroxylation sites is 2. The molecule has 0 aliphatic carbocycles. The van der Waals surface area contributed by atoms with Crippen LogP contribution < -0.4 is 4.90 Å². The van der Waals surface area contributed by atoms with Gasteiger partial charge in [-0.2, -0.15) is 0 Å². The Labute approximate surface area is 123 Å². The minimum absolute atomic E-state index is 0.549. The molecule has 2 aromatic rings. The molecule has 0 saturated carbocycles. The largest absolute Gasteiger partial charge is 0.338 e. The second-order valence-electron chi connectivity index (χ2n) is 4.81. The summed E-state index contributed by atoms with van der Waals surface area (Å²) in [7, 11) is 2.11. The van der Waals surface area contributed by atoms with E-state index in [1.54, 1.807) is 0 Å². The van der Waals surface area contributed by atoms with E-state index in [0.717, 1.165) is 36.2 Å². The van der Waals surface area contributed by atoms with Gasteiger partial charge in [-0.3, -0.25) is 0 Å². The SMILES string of the molecule is CCC(CC)N(CCBr)c1nc2ccccc2n1C. The topological polar surface area (TPSA) is 21.1 Å². The molecule has 0 aliphatic heterocycles. The fourth-order valence-corrected chi connectivity index (χ4v) is 3.04. The fraction of sp³-hybridized carbons (Fsp3) is 0.533. The maximum atomic E-state index is 4.82. The number of aryl methyl sites for hydroxylation is 1. The number of hydrogen-bond donors (Lipinski definition) is 0. The first-order valence-electron chi connectivity index (χ1n) is 6.96. The lowest BCUT2D eigenvalue weighted by atomic mass is 10.1. The van der Waals surface area contributed by atoms with Crippen LogP contribution in [0.1, 0.15) is 26.7 Å². The molecule has 2 rings (SSSR count). The molecule has 1 aromatic heterocycles. The van der Waals surface area contributed by atoms with E-state index >= 15 is 0 Å². The summed E-state index contributed by atoms with van der Waals surface area (Å²) in [6, 6.07) is 8.88. The molecule has 0 spiro atoms. The lowest BCUT2D eigenvalue weighted by molar-refractivity contribution is 0.552. The van der Waals surface area contributed by atoms with Gasteiger partial charge in [0.1, 0.15) is 0 Å². The summed E-state index contributed by atoms with van der Waals surface area (Å²) in [5.41, 5.74) is 2.27. The number of hydrogen-bond acceptors (Lipinski definition) is 2. The predicted octanol–water partition coefficient (Wildman–Crippen LogP) is 3.96. The van der Waals surface area contributed by atoms with E-state index in [1.807, 2.05) is 6.07 Å². The lowest BCUT2D eigenvalue weighted by Crippen LogP contribution is -2.37. The van der Waals surface area contributed by atoms with Crippen LogP contribution in [-0.2, 0) is 7.05 Å². The van der Waals surface area contributed by atoms with Crippen molar-refractivity contribution >= 4 is 32.9 Å². The molecule has 104 valence electrons. The third-order valence-corrected chi connectivity index (χ3v) is 4.08. The average Bonchev–Trinajstić information content (AvgIpc) is 2.77. The normalized spacial score (nSPS) is 11.4. The monoisotopic (exact) mass is 323 g/mol. The summed E-state index contributed by atoms with van der Waals surface area (Å²) in [4.78, 5) is 7.24. The number of aromatic nitrogens is 2. The van der Waals surface area contributed by atoms with Crippen LogP contribution in [-0.4, -0.2) is 27.5 Å². The zero-order valence-electron chi connectivity index (χ0n) is 11.9. The van der Waals surface area contributed by atoms with Crippen LogP contribution in [0.25, 0.3) is 11.0 Å². The molecule has 0 unspecified atom stereocenters. The van der Waals surface area contributed by atoms with E-state index in [-0.39, 0.29) is 0 Å². The van der Waals surface area contributed by atoms with Crippen molar-refractivity contribution in [2.24, 2.45) is 7.05 Å². The maximum Gasteiger partial charge on any atom is 0.206 e. The maximum absolute atomic E-state index is 4.82. The summed E-state index contributed by atoms with van der Waals surface area (Å²) in [6.07, 6.45) is 2.29. The molecule has 0 N–H and O–H groups in total. The van der Waals surface area contributed by atoms with Gasteiger partial charge < -0.3 is 9.47 Å². The van der Waals surface area contributed by atoms with E-state index < -0.39 is 0 Å². The Morgan fingerprint density at radius 3 is 2.53 bits per heavy atom. The molecule has 1 heterocycles. The highest BCUT2D eigenvalue weighted by molar-refractivity contribution is 9.09. The number of alkyl halides is 1. The summed E-state index contributed by atoms with van der Waals surface area (Å²) in [5, 5.41) is 0.965. The van der Waals surface area contributed by atoms with E-state index in [4.69, 9.17) is 4.98 Å². The van der Waals surface area contributed by atoms with Gasteiger partial charge in [0.2, 0.25) is 5.95 Å². The Morgan fingerprint density at radius 1 is 1.26 bits per heavy atom. The third-order valence-electron chi connectivity index (χ3n) is 3.73. The van der Waals surface area contributed by atoms with Crippen LogP contribution in [0.15, 0.2) is 24.3 Å². The highest BCUT2D eigenvalue weighted by atomic mass is 79.9. The smallest absolute Gasteiger partial charge is 0.206 e. The Kier molecular flexibility index (Phi) is 4.86. The first kappa shape index (κ1) is 14.4. The lowest BCUT2D eigenvalue weighted by Gasteiger charge is -2.30. The summed E-state index contributed by atoms with van der Waals surface area (Å²) in [6.45, 7) is 5.49. The van der Waals surface area contributed by atoms with Gasteiger partial charge in [-0.05, 0) is 25.0 Å². The van der Waals surface area contributed by atoms with Crippen LogP contribution in [0.4, 0.5) is 5.95 Å². The molecular formula is C15H22BrN3. The summed E-state index contributed by atoms with van der Waals surface area (Å²) >= 11 is 3.56. The van der Waals surface area contributed by atoms with Gasteiger partial charge in [0.25, 0.3) is 0 Å². The van der Waals surface area contributed by atoms with Crippen molar-refractivity contribution < 1.29 is 0 Å². The number of rotatable bonds is 6. The average molecular weight is 324 g/mol. The van der Waals surface area contributed by atoms with Crippen LogP contribution >= 0.6 is 15.9 Å². The number of benzene rings is 1. The highest BCUT2D eigenvalue weighted by Gasteiger charge is 2.20. The number of halogens is 1. The first-order chi connectivity index (χ1) is 9.22. The van der Waals surface area contributed by atoms with E-state index in [2.05, 4.69) is 64.5 Å². The predicted molar refractivity (Wildman–Crippen MR) is 86.2 cm³/mol. The quantitative estimate of drug-likeness (QED) is 0.750. The Morgan fingerprint density at radius 2 is 1.95 bits per heavy atom. The van der Waals surface area contributed by atoms with E-state index in [0.29, 0.717) is 6.04 Å². The van der Waals surface area contributed by atoms with Gasteiger partial charge >= 0.3 is 0 Å². The van der Waals surface area contributed by atoms with Crippen molar-refractivity contribution in [2.45, 2.75) is 32.7 Å². The van der Waals surface area contributed by atoms with Crippen LogP contribution in [0, 0.1) is 0 Å². The molecule has 0 atom stereocenters. The molecule has 0 aliphatic rings. The molecule has 4 heteroatoms. The highest BCUT2D eigenvalue weighted by Crippen LogP contribution is 2.24. The van der Waals surface area contributed by atoms with Crippen molar-refractivity contribution in [1.82, 2.24) is 9.55 Å². The molecule has 19 heavy (non-hydrogen) atoms. The third kappa shape index (κ3) is 2.78. The van der Waals surface area contributed by atoms with Gasteiger partial charge in [0, 0.05) is 25.0 Å². The van der Waals surface area contributed by atoms with Gasteiger partial charge in [-0.1, -0.05) is 41.9 Å². The van der Waals surface area contributed by atoms with Crippen molar-refractivity contribution in [3.8, 4) is 0 Å². The van der Waals surface area contributed by atoms with E-state index in [9.17, 15) is 0 Å². The molecule has 0 fully saturated rings. The van der Waals surface area contributed by atoms with Crippen LogP contribution in [0.5, 0.6) is 0 Å². The van der Waals surface area contributed by atoms with Crippen molar-refractivity contribution in [3.63, 3.8) is 0 Å². The summed E-state index contributed by atoms with van der Waals surface area (Å²) < 4.78 is 2.20. The molecule has 0 amide bonds. The zero-order chi connectivity index (χ0) is 13.8. The fourth-order valence-electron chi connectivity index (χ4n) is 2.66. The molecule has 0 saturated heterocycles. The van der Waals surface area contributed by atoms with Gasteiger partial charge in [0.15, 0.2) is 0 Å². The standard InChI is InChI=1S/C15H22BrN3/c1-4-12(5-2)19(11-10-16)15-17-13-8-6-7-9-14(13)18(15)3/h6-9,12H,4-5,10-11H2,1-3H3. The van der Waals surface area contributed by atoms with Gasteiger partial charge in [-0.25, -0.2) is 4.98 Å². The Balaban J connectivity index is 2.46. The molecule has 0 radical (unpaired) electrons. The number of imidazole rings is 1. The Hall–Kier alpha value is -1.03. The zero-order valence-corrected chi connectivity index (χ0v) is 13.5. The first-order valence-corrected chi connectivity index (χ1v) is 8.09. The molecule has 3 nitrogen and oxygen atoms in total. The number of nitrogens with zero attached hydrogens (tertiary/aromatic N) is 3.